The molecule has 110 valence electrons. The van der Waals surface area contributed by atoms with Crippen molar-refractivity contribution in [1.82, 2.24) is 16.0 Å². The largest absolute Gasteiger partial charge is 0.357 e. The number of nitrogens with one attached hydrogen (secondary N) is 3. The minimum absolute atomic E-state index is 0. The Labute approximate surface area is 132 Å². The van der Waals surface area contributed by atoms with Crippen LogP contribution in [0.15, 0.2) is 4.99 Å². The van der Waals surface area contributed by atoms with Gasteiger partial charge in [0.15, 0.2) is 5.96 Å². The van der Waals surface area contributed by atoms with Crippen molar-refractivity contribution in [3.05, 3.63) is 0 Å². The first-order chi connectivity index (χ1) is 8.61. The van der Waals surface area contributed by atoms with Gasteiger partial charge < -0.3 is 16.0 Å². The summed E-state index contributed by atoms with van der Waals surface area (Å²) in [5.74, 6) is 1.03. The van der Waals surface area contributed by atoms with Gasteiger partial charge in [0.25, 0.3) is 0 Å². The van der Waals surface area contributed by atoms with Crippen LogP contribution < -0.4 is 16.0 Å². The normalized spacial score (nSPS) is 25.1. The van der Waals surface area contributed by atoms with Crippen molar-refractivity contribution in [1.29, 1.82) is 0 Å². The van der Waals surface area contributed by atoms with Gasteiger partial charge in [0.05, 0.1) is 0 Å². The molecule has 0 spiro atoms. The zero-order valence-corrected chi connectivity index (χ0v) is 14.1. The Morgan fingerprint density at radius 3 is 2.79 bits per heavy atom. The number of hydrogen-bond acceptors (Lipinski definition) is 2. The fourth-order valence-corrected chi connectivity index (χ4v) is 2.01. The van der Waals surface area contributed by atoms with Gasteiger partial charge in [-0.25, -0.2) is 0 Å². The van der Waals surface area contributed by atoms with Crippen LogP contribution in [0, 0.1) is 5.41 Å². The first-order valence-electron chi connectivity index (χ1n) is 6.93. The van der Waals surface area contributed by atoms with E-state index in [1.807, 2.05) is 0 Å². The fraction of sp³-hybridized carbons (Fsp3) is 0.846. The highest BCUT2D eigenvalue weighted by Gasteiger charge is 2.37. The van der Waals surface area contributed by atoms with E-state index in [0.717, 1.165) is 25.5 Å². The Bertz CT molecular complexity index is 332. The summed E-state index contributed by atoms with van der Waals surface area (Å²) in [5, 5.41) is 9.55. The predicted octanol–water partition coefficient (Wildman–Crippen LogP) is 1.24. The van der Waals surface area contributed by atoms with E-state index < -0.39 is 0 Å². The molecule has 1 saturated carbocycles. The van der Waals surface area contributed by atoms with E-state index in [0.29, 0.717) is 24.4 Å². The number of piperidine rings is 1. The minimum atomic E-state index is 0. The predicted molar refractivity (Wildman–Crippen MR) is 87.9 cm³/mol. The van der Waals surface area contributed by atoms with E-state index >= 15 is 0 Å². The quantitative estimate of drug-likeness (QED) is 0.391. The molecule has 2 aliphatic rings. The van der Waals surface area contributed by atoms with Gasteiger partial charge in [0, 0.05) is 32.1 Å². The number of guanidine groups is 1. The van der Waals surface area contributed by atoms with Gasteiger partial charge >= 0.3 is 0 Å². The minimum Gasteiger partial charge on any atom is -0.357 e. The molecular weight excluding hydrogens is 355 g/mol. The third-order valence-corrected chi connectivity index (χ3v) is 3.67. The summed E-state index contributed by atoms with van der Waals surface area (Å²) in [5.41, 5.74) is 0.434. The van der Waals surface area contributed by atoms with Crippen molar-refractivity contribution in [3.8, 4) is 0 Å². The number of halogens is 1. The van der Waals surface area contributed by atoms with E-state index in [1.54, 1.807) is 0 Å². The first-order valence-corrected chi connectivity index (χ1v) is 6.93. The maximum Gasteiger partial charge on any atom is 0.220 e. The van der Waals surface area contributed by atoms with Crippen LogP contribution in [0.3, 0.4) is 0 Å². The monoisotopic (exact) mass is 380 g/mol. The number of aliphatic imine (C=N–C) groups is 1. The highest BCUT2D eigenvalue weighted by Crippen LogP contribution is 2.44. The molecule has 0 aromatic carbocycles. The first kappa shape index (κ1) is 16.5. The molecule has 1 aliphatic heterocycles. The summed E-state index contributed by atoms with van der Waals surface area (Å²) in [6, 6.07) is 0.299. The molecule has 19 heavy (non-hydrogen) atoms. The molecule has 3 N–H and O–H groups in total. The van der Waals surface area contributed by atoms with E-state index in [4.69, 9.17) is 0 Å². The Kier molecular flexibility index (Phi) is 6.35. The molecule has 6 heteroatoms. The van der Waals surface area contributed by atoms with Crippen LogP contribution in [0.25, 0.3) is 0 Å². The summed E-state index contributed by atoms with van der Waals surface area (Å²) >= 11 is 0. The zero-order chi connectivity index (χ0) is 13.0. The Morgan fingerprint density at radius 2 is 2.26 bits per heavy atom. The van der Waals surface area contributed by atoms with Crippen LogP contribution in [-0.4, -0.2) is 37.5 Å². The second-order valence-electron chi connectivity index (χ2n) is 5.69. The number of carbonyl (C=O) groups is 1. The highest BCUT2D eigenvalue weighted by molar-refractivity contribution is 14.0. The van der Waals surface area contributed by atoms with Crippen LogP contribution in [0.1, 0.15) is 39.5 Å². The summed E-state index contributed by atoms with van der Waals surface area (Å²) in [4.78, 5) is 15.7. The molecule has 0 radical (unpaired) electrons. The lowest BCUT2D eigenvalue weighted by molar-refractivity contribution is -0.122. The van der Waals surface area contributed by atoms with Crippen molar-refractivity contribution in [2.75, 3.05) is 19.6 Å². The highest BCUT2D eigenvalue weighted by atomic mass is 127. The molecule has 1 heterocycles. The zero-order valence-electron chi connectivity index (χ0n) is 11.8. The molecule has 1 atom stereocenters. The molecule has 2 fully saturated rings. The van der Waals surface area contributed by atoms with Crippen molar-refractivity contribution in [3.63, 3.8) is 0 Å². The average Bonchev–Trinajstić information content (AvgIpc) is 3.08. The standard InChI is InChI=1S/C13H24N4O.HI/c1-3-14-12(16-9-13(2)6-7-13)17-10-4-5-11(18)15-8-10;/h10H,3-9H2,1-2H3,(H,15,18)(H2,14,16,17);1H. The van der Waals surface area contributed by atoms with Crippen molar-refractivity contribution >= 4 is 35.8 Å². The van der Waals surface area contributed by atoms with Crippen LogP contribution in [0.5, 0.6) is 0 Å². The Balaban J connectivity index is 0.00000180. The third kappa shape index (κ3) is 5.54. The molecular formula is C13H25IN4O. The third-order valence-electron chi connectivity index (χ3n) is 3.67. The second kappa shape index (κ2) is 7.31. The summed E-state index contributed by atoms with van der Waals surface area (Å²) < 4.78 is 0. The lowest BCUT2D eigenvalue weighted by Gasteiger charge is -2.25. The SMILES string of the molecule is CCNC(=NCC1(C)CC1)NC1CCC(=O)NC1.I. The number of rotatable bonds is 4. The van der Waals surface area contributed by atoms with Crippen LogP contribution >= 0.6 is 24.0 Å². The molecule has 0 aromatic heterocycles. The molecule has 5 nitrogen and oxygen atoms in total. The molecule has 0 bridgehead atoms. The lowest BCUT2D eigenvalue weighted by Crippen LogP contribution is -2.51. The number of carbonyl (C=O) groups excluding carboxylic acids is 1. The molecule has 0 aromatic rings. The molecule has 1 amide bonds. The van der Waals surface area contributed by atoms with Crippen molar-refractivity contribution in [2.45, 2.75) is 45.6 Å². The fourth-order valence-electron chi connectivity index (χ4n) is 2.01. The van der Waals surface area contributed by atoms with Gasteiger partial charge in [-0.15, -0.1) is 24.0 Å². The van der Waals surface area contributed by atoms with E-state index in [2.05, 4.69) is 34.8 Å². The van der Waals surface area contributed by atoms with Gasteiger partial charge in [0.2, 0.25) is 5.91 Å². The number of nitrogens with zero attached hydrogens (tertiary/aromatic N) is 1. The maximum atomic E-state index is 11.1. The molecule has 1 aliphatic carbocycles. The Hall–Kier alpha value is -0.530. The van der Waals surface area contributed by atoms with Gasteiger partial charge in [-0.3, -0.25) is 9.79 Å². The summed E-state index contributed by atoms with van der Waals surface area (Å²) in [7, 11) is 0. The van der Waals surface area contributed by atoms with E-state index in [-0.39, 0.29) is 29.9 Å². The topological polar surface area (TPSA) is 65.5 Å². The molecule has 2 rings (SSSR count). The molecule has 1 unspecified atom stereocenters. The second-order valence-corrected chi connectivity index (χ2v) is 5.69. The van der Waals surface area contributed by atoms with Gasteiger partial charge in [-0.1, -0.05) is 6.92 Å². The average molecular weight is 380 g/mol. The van der Waals surface area contributed by atoms with E-state index in [1.165, 1.54) is 12.8 Å². The molecule has 1 saturated heterocycles. The maximum absolute atomic E-state index is 11.1. The number of hydrogen-bond donors (Lipinski definition) is 3. The van der Waals surface area contributed by atoms with Gasteiger partial charge in [-0.2, -0.15) is 0 Å². The lowest BCUT2D eigenvalue weighted by atomic mass is 10.1. The van der Waals surface area contributed by atoms with Crippen molar-refractivity contribution < 1.29 is 4.79 Å². The summed E-state index contributed by atoms with van der Waals surface area (Å²) in [6.07, 6.45) is 4.06. The van der Waals surface area contributed by atoms with Crippen LogP contribution in [-0.2, 0) is 4.79 Å². The van der Waals surface area contributed by atoms with Crippen LogP contribution in [0.2, 0.25) is 0 Å². The number of amides is 1. The van der Waals surface area contributed by atoms with Gasteiger partial charge in [0.1, 0.15) is 0 Å². The Morgan fingerprint density at radius 1 is 1.53 bits per heavy atom. The van der Waals surface area contributed by atoms with Crippen LogP contribution in [0.4, 0.5) is 0 Å². The smallest absolute Gasteiger partial charge is 0.220 e. The van der Waals surface area contributed by atoms with E-state index in [9.17, 15) is 4.79 Å². The summed E-state index contributed by atoms with van der Waals surface area (Å²) in [6.45, 7) is 6.79. The van der Waals surface area contributed by atoms with Crippen molar-refractivity contribution in [2.24, 2.45) is 10.4 Å². The van der Waals surface area contributed by atoms with Gasteiger partial charge in [-0.05, 0) is 31.6 Å².